The summed E-state index contributed by atoms with van der Waals surface area (Å²) in [6.07, 6.45) is 3.29. The van der Waals surface area contributed by atoms with Gasteiger partial charge in [-0.05, 0) is 36.1 Å². The van der Waals surface area contributed by atoms with E-state index in [1.807, 2.05) is 41.3 Å². The van der Waals surface area contributed by atoms with Crippen molar-refractivity contribution in [3.8, 4) is 0 Å². The Balaban J connectivity index is 1.58. The topological polar surface area (TPSA) is 63.9 Å². The molecular formula is C22H19N5O. The highest BCUT2D eigenvalue weighted by molar-refractivity contribution is 6.13. The number of aryl methyl sites for hydroxylation is 1. The fourth-order valence-electron chi connectivity index (χ4n) is 4.02. The Hall–Kier alpha value is -3.54. The van der Waals surface area contributed by atoms with Gasteiger partial charge in [0, 0.05) is 25.0 Å². The van der Waals surface area contributed by atoms with Crippen LogP contribution < -0.4 is 4.90 Å². The van der Waals surface area contributed by atoms with E-state index in [0.717, 1.165) is 18.5 Å². The molecular weight excluding hydrogens is 350 g/mol. The first-order valence-corrected chi connectivity index (χ1v) is 9.32. The number of hydrogen-bond donors (Lipinski definition) is 0. The van der Waals surface area contributed by atoms with Crippen LogP contribution in [-0.4, -0.2) is 31.9 Å². The number of para-hydroxylation sites is 1. The molecule has 3 heterocycles. The van der Waals surface area contributed by atoms with E-state index in [9.17, 15) is 4.79 Å². The fourth-order valence-corrected chi connectivity index (χ4v) is 4.02. The van der Waals surface area contributed by atoms with E-state index >= 15 is 0 Å². The highest BCUT2D eigenvalue weighted by Crippen LogP contribution is 2.35. The number of hydrogen-bond acceptors (Lipinski definition) is 4. The van der Waals surface area contributed by atoms with Crippen LogP contribution in [0.25, 0.3) is 11.2 Å². The Kier molecular flexibility index (Phi) is 3.90. The van der Waals surface area contributed by atoms with E-state index in [-0.39, 0.29) is 11.9 Å². The molecule has 1 unspecified atom stereocenters. The maximum absolute atomic E-state index is 13.7. The second kappa shape index (κ2) is 6.56. The van der Waals surface area contributed by atoms with Crippen LogP contribution in [-0.2, 0) is 19.9 Å². The zero-order valence-electron chi connectivity index (χ0n) is 15.5. The lowest BCUT2D eigenvalue weighted by Gasteiger charge is -2.26. The summed E-state index contributed by atoms with van der Waals surface area (Å²) in [6, 6.07) is 20.2. The summed E-state index contributed by atoms with van der Waals surface area (Å²) in [5, 5.41) is 8.21. The van der Waals surface area contributed by atoms with Gasteiger partial charge in [0.15, 0.2) is 5.65 Å². The number of benzene rings is 2. The van der Waals surface area contributed by atoms with Gasteiger partial charge in [0.1, 0.15) is 5.52 Å². The summed E-state index contributed by atoms with van der Waals surface area (Å²) in [5.74, 6) is -0.0567. The maximum Gasteiger partial charge on any atom is 0.261 e. The van der Waals surface area contributed by atoms with Crippen molar-refractivity contribution < 1.29 is 4.79 Å². The number of fused-ring (bicyclic) bond motifs is 2. The van der Waals surface area contributed by atoms with E-state index in [1.165, 1.54) is 11.1 Å². The van der Waals surface area contributed by atoms with Gasteiger partial charge in [-0.1, -0.05) is 53.7 Å². The predicted octanol–water partition coefficient (Wildman–Crippen LogP) is 3.18. The summed E-state index contributed by atoms with van der Waals surface area (Å²) in [6.45, 7) is 0. The molecule has 2 aromatic carbocycles. The van der Waals surface area contributed by atoms with Gasteiger partial charge in [-0.15, -0.1) is 5.10 Å². The monoisotopic (exact) mass is 369 g/mol. The lowest BCUT2D eigenvalue weighted by Crippen LogP contribution is -2.39. The van der Waals surface area contributed by atoms with Gasteiger partial charge in [-0.2, -0.15) is 0 Å². The molecule has 0 aliphatic carbocycles. The van der Waals surface area contributed by atoms with E-state index in [1.54, 1.807) is 24.0 Å². The largest absolute Gasteiger partial charge is 0.304 e. The van der Waals surface area contributed by atoms with Crippen molar-refractivity contribution in [2.75, 3.05) is 4.90 Å². The van der Waals surface area contributed by atoms with Crippen molar-refractivity contribution in [1.82, 2.24) is 20.0 Å². The SMILES string of the molecule is Cn1nnc2c(C(=O)N3c4ccccc4CC3Cc3ccccc3)ccnc21. The van der Waals surface area contributed by atoms with Crippen molar-refractivity contribution in [3.05, 3.63) is 83.6 Å². The lowest BCUT2D eigenvalue weighted by atomic mass is 10.0. The molecule has 138 valence electrons. The third-order valence-corrected chi connectivity index (χ3v) is 5.33. The first kappa shape index (κ1) is 16.6. The number of nitrogens with zero attached hydrogens (tertiary/aromatic N) is 5. The van der Waals surface area contributed by atoms with E-state index < -0.39 is 0 Å². The molecule has 0 radical (unpaired) electrons. The molecule has 5 rings (SSSR count). The number of amides is 1. The van der Waals surface area contributed by atoms with Gasteiger partial charge in [0.05, 0.1) is 5.56 Å². The van der Waals surface area contributed by atoms with E-state index in [0.29, 0.717) is 16.7 Å². The van der Waals surface area contributed by atoms with Gasteiger partial charge in [-0.25, -0.2) is 9.67 Å². The molecule has 1 amide bonds. The summed E-state index contributed by atoms with van der Waals surface area (Å²) < 4.78 is 1.59. The minimum absolute atomic E-state index is 0.0567. The summed E-state index contributed by atoms with van der Waals surface area (Å²) in [7, 11) is 1.78. The third kappa shape index (κ3) is 2.65. The maximum atomic E-state index is 13.7. The van der Waals surface area contributed by atoms with E-state index in [4.69, 9.17) is 0 Å². The van der Waals surface area contributed by atoms with Crippen LogP contribution in [0.2, 0.25) is 0 Å². The van der Waals surface area contributed by atoms with Crippen molar-refractivity contribution in [2.24, 2.45) is 7.05 Å². The Morgan fingerprint density at radius 2 is 1.86 bits per heavy atom. The van der Waals surface area contributed by atoms with Gasteiger partial charge >= 0.3 is 0 Å². The number of carbonyl (C=O) groups excluding carboxylic acids is 1. The molecule has 0 spiro atoms. The first-order chi connectivity index (χ1) is 13.7. The Morgan fingerprint density at radius 1 is 1.07 bits per heavy atom. The zero-order chi connectivity index (χ0) is 19.1. The predicted molar refractivity (Wildman–Crippen MR) is 107 cm³/mol. The lowest BCUT2D eigenvalue weighted by molar-refractivity contribution is 0.0981. The Labute approximate surface area is 162 Å². The van der Waals surface area contributed by atoms with Crippen LogP contribution in [0.5, 0.6) is 0 Å². The molecule has 0 bridgehead atoms. The fraction of sp³-hybridized carbons (Fsp3) is 0.182. The third-order valence-electron chi connectivity index (χ3n) is 5.33. The minimum Gasteiger partial charge on any atom is -0.304 e. The summed E-state index contributed by atoms with van der Waals surface area (Å²) in [4.78, 5) is 19.9. The number of carbonyl (C=O) groups is 1. The Bertz CT molecular complexity index is 1170. The van der Waals surface area contributed by atoms with Crippen molar-refractivity contribution in [1.29, 1.82) is 0 Å². The summed E-state index contributed by atoms with van der Waals surface area (Å²) in [5.41, 5.74) is 5.07. The van der Waals surface area contributed by atoms with Gasteiger partial charge in [0.25, 0.3) is 5.91 Å². The molecule has 2 aromatic heterocycles. The molecule has 6 nitrogen and oxygen atoms in total. The first-order valence-electron chi connectivity index (χ1n) is 9.32. The number of pyridine rings is 1. The molecule has 1 atom stereocenters. The number of rotatable bonds is 3. The molecule has 0 saturated heterocycles. The molecule has 0 fully saturated rings. The second-order valence-electron chi connectivity index (χ2n) is 7.10. The molecule has 6 heteroatoms. The van der Waals surface area contributed by atoms with Crippen molar-refractivity contribution in [2.45, 2.75) is 18.9 Å². The van der Waals surface area contributed by atoms with Gasteiger partial charge in [0.2, 0.25) is 0 Å². The van der Waals surface area contributed by atoms with Gasteiger partial charge in [-0.3, -0.25) is 4.79 Å². The average molecular weight is 369 g/mol. The highest BCUT2D eigenvalue weighted by atomic mass is 16.2. The van der Waals surface area contributed by atoms with Crippen LogP contribution in [0.15, 0.2) is 66.9 Å². The van der Waals surface area contributed by atoms with Crippen molar-refractivity contribution in [3.63, 3.8) is 0 Å². The molecule has 0 N–H and O–H groups in total. The molecule has 1 aliphatic heterocycles. The van der Waals surface area contributed by atoms with Crippen LogP contribution in [0.3, 0.4) is 0 Å². The van der Waals surface area contributed by atoms with Crippen LogP contribution in [0.1, 0.15) is 21.5 Å². The minimum atomic E-state index is -0.0567. The quantitative estimate of drug-likeness (QED) is 0.556. The smallest absolute Gasteiger partial charge is 0.261 e. The van der Waals surface area contributed by atoms with E-state index in [2.05, 4.69) is 33.5 Å². The van der Waals surface area contributed by atoms with Crippen LogP contribution >= 0.6 is 0 Å². The average Bonchev–Trinajstić information content (AvgIpc) is 3.28. The van der Waals surface area contributed by atoms with Crippen LogP contribution in [0.4, 0.5) is 5.69 Å². The van der Waals surface area contributed by atoms with Gasteiger partial charge < -0.3 is 4.90 Å². The molecule has 4 aromatic rings. The number of anilines is 1. The molecule has 28 heavy (non-hydrogen) atoms. The zero-order valence-corrected chi connectivity index (χ0v) is 15.5. The second-order valence-corrected chi connectivity index (χ2v) is 7.10. The standard InChI is InChI=1S/C22H19N5O/c1-26-21-20(24-25-26)18(11-12-23-21)22(28)27-17(13-15-7-3-2-4-8-15)14-16-9-5-6-10-19(16)27/h2-12,17H,13-14H2,1H3. The Morgan fingerprint density at radius 3 is 2.71 bits per heavy atom. The highest BCUT2D eigenvalue weighted by Gasteiger charge is 2.35. The molecule has 0 saturated carbocycles. The number of aromatic nitrogens is 4. The van der Waals surface area contributed by atoms with Crippen LogP contribution in [0, 0.1) is 0 Å². The summed E-state index contributed by atoms with van der Waals surface area (Å²) >= 11 is 0. The molecule has 1 aliphatic rings. The van der Waals surface area contributed by atoms with Crippen molar-refractivity contribution >= 4 is 22.8 Å². The normalized spacial score (nSPS) is 15.8.